The zero-order valence-corrected chi connectivity index (χ0v) is 10.1. The maximum atomic E-state index is 11.3. The first kappa shape index (κ1) is 12.0. The van der Waals surface area contributed by atoms with E-state index in [0.29, 0.717) is 5.82 Å². The van der Waals surface area contributed by atoms with E-state index in [0.717, 1.165) is 23.2 Å². The van der Waals surface area contributed by atoms with Crippen LogP contribution in [0.4, 0.5) is 5.82 Å². The summed E-state index contributed by atoms with van der Waals surface area (Å²) in [4.78, 5) is 15.3. The van der Waals surface area contributed by atoms with Gasteiger partial charge in [-0.1, -0.05) is 13.5 Å². The number of amides is 1. The summed E-state index contributed by atoms with van der Waals surface area (Å²) in [6.07, 6.45) is 5.43. The molecule has 0 saturated heterocycles. The quantitative estimate of drug-likeness (QED) is 0.807. The summed E-state index contributed by atoms with van der Waals surface area (Å²) in [5.41, 5.74) is 2.86. The second-order valence-corrected chi connectivity index (χ2v) is 3.71. The summed E-state index contributed by atoms with van der Waals surface area (Å²) < 4.78 is 0. The van der Waals surface area contributed by atoms with Gasteiger partial charge in [-0.3, -0.25) is 14.9 Å². The molecule has 0 aliphatic heterocycles. The van der Waals surface area contributed by atoms with Crippen molar-refractivity contribution in [1.82, 2.24) is 15.2 Å². The van der Waals surface area contributed by atoms with Crippen LogP contribution in [0.2, 0.25) is 0 Å². The van der Waals surface area contributed by atoms with Crippen LogP contribution in [-0.2, 0) is 11.2 Å². The molecule has 0 spiro atoms. The second kappa shape index (κ2) is 5.27. The summed E-state index contributed by atoms with van der Waals surface area (Å²) in [6.45, 7) is 5.43. The van der Waals surface area contributed by atoms with E-state index in [1.807, 2.05) is 19.1 Å². The van der Waals surface area contributed by atoms with E-state index < -0.39 is 0 Å². The van der Waals surface area contributed by atoms with E-state index in [1.165, 1.54) is 6.08 Å². The highest BCUT2D eigenvalue weighted by Crippen LogP contribution is 2.26. The molecule has 0 unspecified atom stereocenters. The third-order valence-corrected chi connectivity index (χ3v) is 2.62. The van der Waals surface area contributed by atoms with E-state index in [1.54, 1.807) is 12.4 Å². The molecule has 5 nitrogen and oxygen atoms in total. The smallest absolute Gasteiger partial charge is 0.248 e. The highest BCUT2D eigenvalue weighted by molar-refractivity contribution is 5.99. The van der Waals surface area contributed by atoms with Crippen LogP contribution in [0.3, 0.4) is 0 Å². The van der Waals surface area contributed by atoms with Crippen LogP contribution in [0.5, 0.6) is 0 Å². The van der Waals surface area contributed by atoms with Crippen LogP contribution >= 0.6 is 0 Å². The first-order chi connectivity index (χ1) is 8.76. The number of carbonyl (C=O) groups is 1. The van der Waals surface area contributed by atoms with Crippen molar-refractivity contribution in [2.24, 2.45) is 0 Å². The standard InChI is InChI=1S/C13H14N4O/c1-3-10-12(9-5-7-14-8-6-9)16-17-13(10)15-11(18)4-2/h4-8H,2-3H2,1H3,(H2,15,16,17,18). The molecule has 2 rings (SSSR count). The van der Waals surface area contributed by atoms with Gasteiger partial charge in [-0.2, -0.15) is 5.10 Å². The van der Waals surface area contributed by atoms with Crippen LogP contribution in [0.1, 0.15) is 12.5 Å². The SMILES string of the molecule is C=CC(=O)Nc1n[nH]c(-c2ccncc2)c1CC. The van der Waals surface area contributed by atoms with E-state index in [4.69, 9.17) is 0 Å². The second-order valence-electron chi connectivity index (χ2n) is 3.71. The molecule has 2 aromatic heterocycles. The number of H-pyrrole nitrogens is 1. The summed E-state index contributed by atoms with van der Waals surface area (Å²) in [6, 6.07) is 3.79. The number of anilines is 1. The fourth-order valence-electron chi connectivity index (χ4n) is 1.74. The van der Waals surface area contributed by atoms with Crippen LogP contribution in [0, 0.1) is 0 Å². The number of hydrogen-bond donors (Lipinski definition) is 2. The topological polar surface area (TPSA) is 70.7 Å². The van der Waals surface area contributed by atoms with E-state index in [-0.39, 0.29) is 5.91 Å². The minimum Gasteiger partial charge on any atom is -0.305 e. The van der Waals surface area contributed by atoms with Gasteiger partial charge in [0.2, 0.25) is 5.91 Å². The number of nitrogens with zero attached hydrogens (tertiary/aromatic N) is 2. The van der Waals surface area contributed by atoms with E-state index in [9.17, 15) is 4.79 Å². The fraction of sp³-hybridized carbons (Fsp3) is 0.154. The zero-order valence-electron chi connectivity index (χ0n) is 10.1. The van der Waals surface area contributed by atoms with Gasteiger partial charge in [0.25, 0.3) is 0 Å². The molecular formula is C13H14N4O. The number of carbonyl (C=O) groups excluding carboxylic acids is 1. The lowest BCUT2D eigenvalue weighted by Crippen LogP contribution is -2.09. The molecule has 5 heteroatoms. The number of pyridine rings is 1. The Morgan fingerprint density at radius 3 is 2.83 bits per heavy atom. The lowest BCUT2D eigenvalue weighted by atomic mass is 10.1. The Balaban J connectivity index is 2.39. The predicted molar refractivity (Wildman–Crippen MR) is 70.0 cm³/mol. The van der Waals surface area contributed by atoms with Gasteiger partial charge in [0, 0.05) is 23.5 Å². The zero-order chi connectivity index (χ0) is 13.0. The lowest BCUT2D eigenvalue weighted by molar-refractivity contribution is -0.111. The molecular weight excluding hydrogens is 228 g/mol. The molecule has 92 valence electrons. The molecule has 0 fully saturated rings. The van der Waals surface area contributed by atoms with Gasteiger partial charge in [0.1, 0.15) is 0 Å². The fourth-order valence-corrected chi connectivity index (χ4v) is 1.74. The monoisotopic (exact) mass is 242 g/mol. The van der Waals surface area contributed by atoms with E-state index >= 15 is 0 Å². The van der Waals surface area contributed by atoms with Gasteiger partial charge in [-0.15, -0.1) is 0 Å². The maximum absolute atomic E-state index is 11.3. The number of nitrogens with one attached hydrogen (secondary N) is 2. The van der Waals surface area contributed by atoms with Crippen molar-refractivity contribution in [3.8, 4) is 11.3 Å². The van der Waals surface area contributed by atoms with Gasteiger partial charge < -0.3 is 5.32 Å². The Bertz CT molecular complexity index is 560. The van der Waals surface area contributed by atoms with Crippen LogP contribution < -0.4 is 5.32 Å². The number of aromatic amines is 1. The molecule has 2 N–H and O–H groups in total. The Hall–Kier alpha value is -2.43. The van der Waals surface area contributed by atoms with Gasteiger partial charge in [-0.05, 0) is 24.6 Å². The third-order valence-electron chi connectivity index (χ3n) is 2.62. The molecule has 2 heterocycles. The van der Waals surface area contributed by atoms with Crippen molar-refractivity contribution < 1.29 is 4.79 Å². The number of rotatable bonds is 4. The normalized spacial score (nSPS) is 10.1. The molecule has 18 heavy (non-hydrogen) atoms. The largest absolute Gasteiger partial charge is 0.305 e. The van der Waals surface area contributed by atoms with Gasteiger partial charge in [0.05, 0.1) is 5.69 Å². The van der Waals surface area contributed by atoms with Crippen molar-refractivity contribution >= 4 is 11.7 Å². The Morgan fingerprint density at radius 1 is 1.50 bits per heavy atom. The number of hydrogen-bond acceptors (Lipinski definition) is 3. The van der Waals surface area contributed by atoms with Crippen LogP contribution in [0.15, 0.2) is 37.2 Å². The molecule has 2 aromatic rings. The minimum absolute atomic E-state index is 0.266. The highest BCUT2D eigenvalue weighted by atomic mass is 16.1. The molecule has 0 bridgehead atoms. The molecule has 1 amide bonds. The lowest BCUT2D eigenvalue weighted by Gasteiger charge is -2.03. The first-order valence-corrected chi connectivity index (χ1v) is 5.67. The molecule has 0 saturated carbocycles. The van der Waals surface area contributed by atoms with Crippen LogP contribution in [-0.4, -0.2) is 21.1 Å². The summed E-state index contributed by atoms with van der Waals surface area (Å²) >= 11 is 0. The minimum atomic E-state index is -0.266. The van der Waals surface area contributed by atoms with Crippen molar-refractivity contribution in [2.45, 2.75) is 13.3 Å². The van der Waals surface area contributed by atoms with Crippen molar-refractivity contribution in [2.75, 3.05) is 5.32 Å². The average Bonchev–Trinajstić information content (AvgIpc) is 2.82. The molecule has 0 atom stereocenters. The van der Waals surface area contributed by atoms with Gasteiger partial charge in [-0.25, -0.2) is 0 Å². The van der Waals surface area contributed by atoms with Gasteiger partial charge in [0.15, 0.2) is 5.82 Å². The number of aromatic nitrogens is 3. The predicted octanol–water partition coefficient (Wildman–Crippen LogP) is 2.16. The first-order valence-electron chi connectivity index (χ1n) is 5.67. The highest BCUT2D eigenvalue weighted by Gasteiger charge is 2.13. The van der Waals surface area contributed by atoms with Crippen LogP contribution in [0.25, 0.3) is 11.3 Å². The van der Waals surface area contributed by atoms with Crippen molar-refractivity contribution in [3.63, 3.8) is 0 Å². The summed E-state index contributed by atoms with van der Waals surface area (Å²) in [5.74, 6) is 0.284. The third kappa shape index (κ3) is 2.29. The Kier molecular flexibility index (Phi) is 3.52. The molecule has 0 radical (unpaired) electrons. The maximum Gasteiger partial charge on any atom is 0.248 e. The molecule has 0 aliphatic carbocycles. The Labute approximate surface area is 105 Å². The Morgan fingerprint density at radius 2 is 2.22 bits per heavy atom. The molecule has 0 aliphatic rings. The molecule has 0 aromatic carbocycles. The summed E-state index contributed by atoms with van der Waals surface area (Å²) in [5, 5.41) is 9.76. The van der Waals surface area contributed by atoms with E-state index in [2.05, 4.69) is 27.1 Å². The summed E-state index contributed by atoms with van der Waals surface area (Å²) in [7, 11) is 0. The average molecular weight is 242 g/mol. The van der Waals surface area contributed by atoms with Crippen molar-refractivity contribution in [1.29, 1.82) is 0 Å². The van der Waals surface area contributed by atoms with Crippen molar-refractivity contribution in [3.05, 3.63) is 42.7 Å². The van der Waals surface area contributed by atoms with Gasteiger partial charge >= 0.3 is 0 Å².